The number of aliphatic imine (C=N–C) groups is 1. The molecule has 0 aromatic rings. The van der Waals surface area contributed by atoms with Crippen LogP contribution in [0.5, 0.6) is 0 Å². The van der Waals surface area contributed by atoms with Crippen LogP contribution in [0, 0.1) is 0 Å². The van der Waals surface area contributed by atoms with Crippen molar-refractivity contribution in [3.8, 4) is 0 Å². The fourth-order valence-corrected chi connectivity index (χ4v) is 2.92. The van der Waals surface area contributed by atoms with Gasteiger partial charge in [-0.2, -0.15) is 0 Å². The monoisotopic (exact) mass is 227 g/mol. The Morgan fingerprint density at radius 2 is 2.07 bits per heavy atom. The Morgan fingerprint density at radius 3 is 2.80 bits per heavy atom. The molecule has 0 aliphatic carbocycles. The van der Waals surface area contributed by atoms with Crippen LogP contribution in [0.1, 0.15) is 25.7 Å². The van der Waals surface area contributed by atoms with E-state index in [9.17, 15) is 0 Å². The zero-order valence-electron chi connectivity index (χ0n) is 9.37. The Labute approximate surface area is 96.7 Å². The highest BCUT2D eigenvalue weighted by Gasteiger charge is 2.10. The summed E-state index contributed by atoms with van der Waals surface area (Å²) in [4.78, 5) is 7.02. The normalized spacial score (nSPS) is 23.6. The van der Waals surface area contributed by atoms with Gasteiger partial charge in [0.05, 0.1) is 0 Å². The number of nitrogens with zero attached hydrogens (tertiary/aromatic N) is 2. The van der Waals surface area contributed by atoms with Gasteiger partial charge in [0, 0.05) is 25.4 Å². The van der Waals surface area contributed by atoms with Crippen molar-refractivity contribution in [2.45, 2.75) is 25.7 Å². The minimum absolute atomic E-state index is 1.01. The topological polar surface area (TPSA) is 27.6 Å². The predicted molar refractivity (Wildman–Crippen MR) is 67.7 cm³/mol. The summed E-state index contributed by atoms with van der Waals surface area (Å²) in [5.41, 5.74) is 0. The van der Waals surface area contributed by atoms with Crippen molar-refractivity contribution in [2.75, 3.05) is 38.5 Å². The molecule has 2 aliphatic heterocycles. The molecule has 0 radical (unpaired) electrons. The van der Waals surface area contributed by atoms with E-state index in [0.717, 1.165) is 13.1 Å². The van der Waals surface area contributed by atoms with Crippen LogP contribution in [0.15, 0.2) is 4.99 Å². The molecule has 0 spiro atoms. The molecular formula is C11H21N3S. The number of thioether (sulfide) groups is 1. The molecule has 0 aromatic carbocycles. The molecule has 4 heteroatoms. The Kier molecular flexibility index (Phi) is 4.79. The van der Waals surface area contributed by atoms with Crippen molar-refractivity contribution in [1.82, 2.24) is 10.2 Å². The molecule has 0 bridgehead atoms. The molecule has 2 rings (SSSR count). The number of rotatable bonds is 3. The average Bonchev–Trinajstić information content (AvgIpc) is 2.32. The molecule has 15 heavy (non-hydrogen) atoms. The number of nitrogens with one attached hydrogen (secondary N) is 1. The van der Waals surface area contributed by atoms with Gasteiger partial charge in [-0.1, -0.05) is 18.2 Å². The van der Waals surface area contributed by atoms with E-state index in [2.05, 4.69) is 15.2 Å². The Hall–Kier alpha value is -0.220. The second-order valence-corrected chi connectivity index (χ2v) is 5.30. The maximum atomic E-state index is 4.46. The first-order valence-electron chi connectivity index (χ1n) is 6.08. The van der Waals surface area contributed by atoms with E-state index in [0.29, 0.717) is 0 Å². The molecule has 2 heterocycles. The minimum atomic E-state index is 1.01. The van der Waals surface area contributed by atoms with Gasteiger partial charge in [0.25, 0.3) is 0 Å². The molecule has 86 valence electrons. The summed E-state index contributed by atoms with van der Waals surface area (Å²) in [7, 11) is 0. The summed E-state index contributed by atoms with van der Waals surface area (Å²) in [5.74, 6) is 1.23. The molecule has 1 saturated heterocycles. The van der Waals surface area contributed by atoms with Crippen molar-refractivity contribution in [2.24, 2.45) is 4.99 Å². The van der Waals surface area contributed by atoms with Gasteiger partial charge in [0.15, 0.2) is 5.17 Å². The lowest BCUT2D eigenvalue weighted by atomic mass is 10.1. The van der Waals surface area contributed by atoms with Gasteiger partial charge < -0.3 is 10.2 Å². The standard InChI is InChI=1S/C11H21N3S/c1-2-7-14(8-3-1)9-6-13-11-12-5-4-10-15-11/h1-10H2,(H,12,13). The molecule has 0 atom stereocenters. The summed E-state index contributed by atoms with van der Waals surface area (Å²) in [6, 6.07) is 0. The largest absolute Gasteiger partial charge is 0.364 e. The van der Waals surface area contributed by atoms with Crippen molar-refractivity contribution < 1.29 is 0 Å². The van der Waals surface area contributed by atoms with Gasteiger partial charge >= 0.3 is 0 Å². The Morgan fingerprint density at radius 1 is 1.20 bits per heavy atom. The SMILES string of the molecule is C1CCN(CCNC2=NCCCS2)CC1. The van der Waals surface area contributed by atoms with E-state index in [1.54, 1.807) is 0 Å². The summed E-state index contributed by atoms with van der Waals surface area (Å²) in [6.07, 6.45) is 5.43. The maximum Gasteiger partial charge on any atom is 0.156 e. The minimum Gasteiger partial charge on any atom is -0.364 e. The van der Waals surface area contributed by atoms with E-state index in [4.69, 9.17) is 0 Å². The van der Waals surface area contributed by atoms with Gasteiger partial charge in [-0.15, -0.1) is 0 Å². The third-order valence-corrected chi connectivity index (χ3v) is 3.99. The quantitative estimate of drug-likeness (QED) is 0.793. The van der Waals surface area contributed by atoms with Gasteiger partial charge in [0.2, 0.25) is 0 Å². The molecule has 3 nitrogen and oxygen atoms in total. The van der Waals surface area contributed by atoms with Crippen LogP contribution in [-0.2, 0) is 0 Å². The van der Waals surface area contributed by atoms with E-state index >= 15 is 0 Å². The zero-order valence-corrected chi connectivity index (χ0v) is 10.2. The molecule has 0 saturated carbocycles. The molecule has 0 aromatic heterocycles. The third kappa shape index (κ3) is 4.03. The Bertz CT molecular complexity index is 212. The van der Waals surface area contributed by atoms with Crippen molar-refractivity contribution in [3.63, 3.8) is 0 Å². The van der Waals surface area contributed by atoms with Gasteiger partial charge in [0.1, 0.15) is 0 Å². The van der Waals surface area contributed by atoms with Crippen LogP contribution in [-0.4, -0.2) is 48.5 Å². The van der Waals surface area contributed by atoms with E-state index in [-0.39, 0.29) is 0 Å². The van der Waals surface area contributed by atoms with Crippen molar-refractivity contribution in [3.05, 3.63) is 0 Å². The van der Waals surface area contributed by atoms with Crippen LogP contribution in [0.4, 0.5) is 0 Å². The summed E-state index contributed by atoms with van der Waals surface area (Å²) >= 11 is 1.87. The highest BCUT2D eigenvalue weighted by molar-refractivity contribution is 8.13. The van der Waals surface area contributed by atoms with Crippen LogP contribution in [0.3, 0.4) is 0 Å². The average molecular weight is 227 g/mol. The van der Waals surface area contributed by atoms with Crippen LogP contribution >= 0.6 is 11.8 Å². The highest BCUT2D eigenvalue weighted by atomic mass is 32.2. The summed E-state index contributed by atoms with van der Waals surface area (Å²) < 4.78 is 0. The second kappa shape index (κ2) is 6.38. The maximum absolute atomic E-state index is 4.46. The summed E-state index contributed by atoms with van der Waals surface area (Å²) in [5, 5.41) is 4.61. The zero-order chi connectivity index (χ0) is 10.3. The summed E-state index contributed by atoms with van der Waals surface area (Å²) in [6.45, 7) is 5.84. The van der Waals surface area contributed by atoms with E-state index in [1.807, 2.05) is 11.8 Å². The number of hydrogen-bond acceptors (Lipinski definition) is 4. The number of amidine groups is 1. The van der Waals surface area contributed by atoms with Gasteiger partial charge in [-0.3, -0.25) is 4.99 Å². The van der Waals surface area contributed by atoms with E-state index in [1.165, 1.54) is 56.2 Å². The van der Waals surface area contributed by atoms with E-state index < -0.39 is 0 Å². The molecule has 0 unspecified atom stereocenters. The fourth-order valence-electron chi connectivity index (χ4n) is 2.07. The number of piperidine rings is 1. The smallest absolute Gasteiger partial charge is 0.156 e. The lowest BCUT2D eigenvalue weighted by molar-refractivity contribution is 0.232. The lowest BCUT2D eigenvalue weighted by Gasteiger charge is -2.26. The lowest BCUT2D eigenvalue weighted by Crippen LogP contribution is -2.37. The second-order valence-electron chi connectivity index (χ2n) is 4.22. The molecule has 1 fully saturated rings. The first kappa shape index (κ1) is 11.3. The Balaban J connectivity index is 1.59. The third-order valence-electron chi connectivity index (χ3n) is 2.95. The van der Waals surface area contributed by atoms with Crippen LogP contribution in [0.25, 0.3) is 0 Å². The highest BCUT2D eigenvalue weighted by Crippen LogP contribution is 2.10. The first-order valence-corrected chi connectivity index (χ1v) is 7.07. The molecule has 1 N–H and O–H groups in total. The predicted octanol–water partition coefficient (Wildman–Crippen LogP) is 1.55. The van der Waals surface area contributed by atoms with Gasteiger partial charge in [-0.25, -0.2) is 0 Å². The number of hydrogen-bond donors (Lipinski definition) is 1. The van der Waals surface area contributed by atoms with Crippen LogP contribution in [0.2, 0.25) is 0 Å². The van der Waals surface area contributed by atoms with Gasteiger partial charge in [-0.05, 0) is 32.4 Å². The molecule has 0 amide bonds. The first-order chi connectivity index (χ1) is 7.45. The van der Waals surface area contributed by atoms with Crippen molar-refractivity contribution in [1.29, 1.82) is 0 Å². The van der Waals surface area contributed by atoms with Crippen molar-refractivity contribution >= 4 is 16.9 Å². The molecule has 2 aliphatic rings. The molecular weight excluding hydrogens is 206 g/mol. The fraction of sp³-hybridized carbons (Fsp3) is 0.909. The number of likely N-dealkylation sites (tertiary alicyclic amines) is 1. The van der Waals surface area contributed by atoms with Crippen LogP contribution < -0.4 is 5.32 Å².